The maximum atomic E-state index is 12.3. The van der Waals surface area contributed by atoms with Crippen molar-refractivity contribution >= 4 is 16.0 Å². The van der Waals surface area contributed by atoms with E-state index < -0.39 is 10.0 Å². The molecule has 1 saturated carbocycles. The summed E-state index contributed by atoms with van der Waals surface area (Å²) in [5, 5.41) is 3.12. The number of aryl methyl sites for hydroxylation is 1. The van der Waals surface area contributed by atoms with Gasteiger partial charge in [-0.3, -0.25) is 0 Å². The van der Waals surface area contributed by atoms with Gasteiger partial charge in [0.2, 0.25) is 16.0 Å². The predicted molar refractivity (Wildman–Crippen MR) is 90.2 cm³/mol. The van der Waals surface area contributed by atoms with Crippen molar-refractivity contribution < 1.29 is 13.2 Å². The van der Waals surface area contributed by atoms with Gasteiger partial charge in [0.25, 0.3) is 0 Å². The zero-order valence-electron chi connectivity index (χ0n) is 13.9. The maximum absolute atomic E-state index is 12.3. The summed E-state index contributed by atoms with van der Waals surface area (Å²) in [5.74, 6) is 1.03. The van der Waals surface area contributed by atoms with Crippen molar-refractivity contribution in [2.24, 2.45) is 5.92 Å². The summed E-state index contributed by atoms with van der Waals surface area (Å²) >= 11 is 0. The second-order valence-corrected chi connectivity index (χ2v) is 9.42. The van der Waals surface area contributed by atoms with Crippen LogP contribution < -0.4 is 5.32 Å². The number of nitrogens with one attached hydrogen (secondary N) is 1. The number of ether oxygens (including phenoxy) is 1. The highest BCUT2D eigenvalue weighted by Crippen LogP contribution is 2.45. The molecule has 0 aromatic carbocycles. The molecule has 2 aliphatic heterocycles. The van der Waals surface area contributed by atoms with Gasteiger partial charge in [-0.1, -0.05) is 0 Å². The first-order valence-corrected chi connectivity index (χ1v) is 10.2. The highest BCUT2D eigenvalue weighted by atomic mass is 32.2. The van der Waals surface area contributed by atoms with E-state index in [2.05, 4.69) is 15.3 Å². The summed E-state index contributed by atoms with van der Waals surface area (Å²) in [6.07, 6.45) is 7.15. The van der Waals surface area contributed by atoms with Gasteiger partial charge in [0.05, 0.1) is 10.9 Å². The minimum absolute atomic E-state index is 0.130. The quantitative estimate of drug-likeness (QED) is 0.827. The summed E-state index contributed by atoms with van der Waals surface area (Å²) in [5.41, 5.74) is 0.771. The summed E-state index contributed by atoms with van der Waals surface area (Å²) in [6, 6.07) is 0. The molecule has 4 rings (SSSR count). The fourth-order valence-electron chi connectivity index (χ4n) is 3.69. The van der Waals surface area contributed by atoms with Gasteiger partial charge in [0.15, 0.2) is 0 Å². The molecule has 3 fully saturated rings. The van der Waals surface area contributed by atoms with Crippen molar-refractivity contribution in [2.45, 2.75) is 43.5 Å². The molecule has 0 amide bonds. The van der Waals surface area contributed by atoms with Gasteiger partial charge in [-0.25, -0.2) is 18.4 Å². The fraction of sp³-hybridized carbons (Fsp3) is 0.750. The maximum Gasteiger partial charge on any atom is 0.222 e. The smallest absolute Gasteiger partial charge is 0.222 e. The van der Waals surface area contributed by atoms with Crippen molar-refractivity contribution in [2.75, 3.05) is 31.6 Å². The Morgan fingerprint density at radius 3 is 2.67 bits per heavy atom. The molecule has 1 spiro atoms. The average Bonchev–Trinajstić information content (AvgIpc) is 3.29. The number of aromatic nitrogens is 2. The lowest BCUT2D eigenvalue weighted by molar-refractivity contribution is -0.102. The summed E-state index contributed by atoms with van der Waals surface area (Å²) in [7, 11) is -3.07. The number of rotatable bonds is 6. The first kappa shape index (κ1) is 16.2. The molecule has 1 aliphatic carbocycles. The van der Waals surface area contributed by atoms with Crippen molar-refractivity contribution in [3.63, 3.8) is 0 Å². The standard InChI is InChI=1S/C16H24N4O3S/c1-12-8-18-15(19-9-12)17-6-4-13-5-7-23-16(13)10-20(11-16)24(21,22)14-2-3-14/h8-9,13-14H,2-7,10-11H2,1H3,(H,17,18,19). The Balaban J connectivity index is 1.30. The predicted octanol–water partition coefficient (Wildman–Crippen LogP) is 1.17. The molecular weight excluding hydrogens is 328 g/mol. The van der Waals surface area contributed by atoms with E-state index in [-0.39, 0.29) is 10.9 Å². The van der Waals surface area contributed by atoms with Crippen LogP contribution in [0.3, 0.4) is 0 Å². The molecule has 24 heavy (non-hydrogen) atoms. The van der Waals surface area contributed by atoms with Crippen LogP contribution in [0.15, 0.2) is 12.4 Å². The van der Waals surface area contributed by atoms with Crippen molar-refractivity contribution in [1.82, 2.24) is 14.3 Å². The average molecular weight is 352 g/mol. The molecule has 3 heterocycles. The van der Waals surface area contributed by atoms with Gasteiger partial charge in [-0.15, -0.1) is 0 Å². The lowest BCUT2D eigenvalue weighted by atomic mass is 9.80. The number of sulfonamides is 1. The largest absolute Gasteiger partial charge is 0.372 e. The Morgan fingerprint density at radius 1 is 1.29 bits per heavy atom. The minimum atomic E-state index is -3.07. The number of hydrogen-bond donors (Lipinski definition) is 1. The SMILES string of the molecule is Cc1cnc(NCCC2CCOC23CN(S(=O)(=O)C2CC2)C3)nc1. The highest BCUT2D eigenvalue weighted by molar-refractivity contribution is 7.90. The van der Waals surface area contributed by atoms with E-state index in [4.69, 9.17) is 4.74 Å². The summed E-state index contributed by atoms with van der Waals surface area (Å²) in [4.78, 5) is 8.49. The van der Waals surface area contributed by atoms with Gasteiger partial charge < -0.3 is 10.1 Å². The van der Waals surface area contributed by atoms with Gasteiger partial charge in [0, 0.05) is 38.6 Å². The molecule has 3 aliphatic rings. The van der Waals surface area contributed by atoms with Crippen LogP contribution in [0.4, 0.5) is 5.95 Å². The monoisotopic (exact) mass is 352 g/mol. The van der Waals surface area contributed by atoms with Crippen LogP contribution in [0.1, 0.15) is 31.2 Å². The van der Waals surface area contributed by atoms with Crippen LogP contribution >= 0.6 is 0 Å². The van der Waals surface area contributed by atoms with Crippen LogP contribution in [-0.4, -0.2) is 59.8 Å². The fourth-order valence-corrected chi connectivity index (χ4v) is 5.64. The lowest BCUT2D eigenvalue weighted by Crippen LogP contribution is -2.66. The molecule has 1 N–H and O–H groups in total. The van der Waals surface area contributed by atoms with Gasteiger partial charge >= 0.3 is 0 Å². The van der Waals surface area contributed by atoms with Crippen LogP contribution in [0.5, 0.6) is 0 Å². The molecular formula is C16H24N4O3S. The Hall–Kier alpha value is -1.25. The zero-order valence-corrected chi connectivity index (χ0v) is 14.8. The normalized spacial score (nSPS) is 26.5. The van der Waals surface area contributed by atoms with Crippen LogP contribution in [-0.2, 0) is 14.8 Å². The second-order valence-electron chi connectivity index (χ2n) is 7.21. The Morgan fingerprint density at radius 2 is 2.00 bits per heavy atom. The van der Waals surface area contributed by atoms with Gasteiger partial charge in [-0.2, -0.15) is 4.31 Å². The first-order chi connectivity index (χ1) is 11.5. The van der Waals surface area contributed by atoms with E-state index in [9.17, 15) is 8.42 Å². The van der Waals surface area contributed by atoms with E-state index in [1.54, 1.807) is 16.7 Å². The van der Waals surface area contributed by atoms with Crippen molar-refractivity contribution in [3.05, 3.63) is 18.0 Å². The molecule has 0 radical (unpaired) electrons. The molecule has 132 valence electrons. The van der Waals surface area contributed by atoms with Crippen molar-refractivity contribution in [1.29, 1.82) is 0 Å². The Kier molecular flexibility index (Phi) is 4.01. The van der Waals surface area contributed by atoms with E-state index in [1.807, 2.05) is 6.92 Å². The lowest BCUT2D eigenvalue weighted by Gasteiger charge is -2.49. The number of anilines is 1. The highest BCUT2D eigenvalue weighted by Gasteiger charge is 2.57. The molecule has 1 unspecified atom stereocenters. The third-order valence-electron chi connectivity index (χ3n) is 5.35. The van der Waals surface area contributed by atoms with E-state index in [0.717, 1.165) is 44.4 Å². The minimum Gasteiger partial charge on any atom is -0.372 e. The summed E-state index contributed by atoms with van der Waals surface area (Å²) < 4.78 is 32.2. The topological polar surface area (TPSA) is 84.4 Å². The number of hydrogen-bond acceptors (Lipinski definition) is 6. The Labute approximate surface area is 142 Å². The molecule has 1 atom stereocenters. The molecule has 1 aromatic heterocycles. The zero-order chi connectivity index (χ0) is 16.8. The molecule has 2 saturated heterocycles. The third kappa shape index (κ3) is 2.91. The van der Waals surface area contributed by atoms with Crippen molar-refractivity contribution in [3.8, 4) is 0 Å². The first-order valence-electron chi connectivity index (χ1n) is 8.65. The van der Waals surface area contributed by atoms with E-state index >= 15 is 0 Å². The molecule has 7 nitrogen and oxygen atoms in total. The van der Waals surface area contributed by atoms with Gasteiger partial charge in [0.1, 0.15) is 0 Å². The molecule has 1 aromatic rings. The van der Waals surface area contributed by atoms with Crippen LogP contribution in [0.25, 0.3) is 0 Å². The summed E-state index contributed by atoms with van der Waals surface area (Å²) in [6.45, 7) is 4.51. The van der Waals surface area contributed by atoms with E-state index in [0.29, 0.717) is 25.0 Å². The Bertz CT molecular complexity index is 697. The van der Waals surface area contributed by atoms with Crippen LogP contribution in [0.2, 0.25) is 0 Å². The molecule has 0 bridgehead atoms. The van der Waals surface area contributed by atoms with Crippen LogP contribution in [0, 0.1) is 12.8 Å². The second kappa shape index (κ2) is 5.93. The number of nitrogens with zero attached hydrogens (tertiary/aromatic N) is 3. The van der Waals surface area contributed by atoms with E-state index in [1.165, 1.54) is 0 Å². The van der Waals surface area contributed by atoms with Gasteiger partial charge in [-0.05, 0) is 44.1 Å². The third-order valence-corrected chi connectivity index (χ3v) is 7.64. The molecule has 8 heteroatoms.